The van der Waals surface area contributed by atoms with E-state index in [9.17, 15) is 16.8 Å². The SMILES string of the molecule is Cc1ccc(S(=O)(=O)N2c3ccc(Br)nc3C3CC2C3C)cc1.Cc1ccc(S(=O)(=O)N2c3cccnc3C3CC2C3C)cc1.[B]=NS. The number of aryl methyl sites for hydroxylation is 2. The maximum atomic E-state index is 13.2. The first-order valence-electron chi connectivity index (χ1n) is 15.7. The van der Waals surface area contributed by atoms with Gasteiger partial charge in [0.1, 0.15) is 4.60 Å². The first kappa shape index (κ1) is 34.8. The quantitative estimate of drug-likeness (QED) is 0.135. The third kappa shape index (κ3) is 5.92. The van der Waals surface area contributed by atoms with Crippen LogP contribution in [0.3, 0.4) is 0 Å². The summed E-state index contributed by atoms with van der Waals surface area (Å²) in [7, 11) is -2.78. The number of sulfonamides is 2. The number of hydrogen-bond donors (Lipinski definition) is 1. The van der Waals surface area contributed by atoms with E-state index in [0.29, 0.717) is 33.5 Å². The first-order chi connectivity index (χ1) is 22.8. The predicted molar refractivity (Wildman–Crippen MR) is 196 cm³/mol. The standard InChI is InChI=1S/C17H17BrN2O2S.C17H18N2O2S.BHNS/c1-10-3-5-12(6-4-10)23(21,22)20-14-7-8-16(18)19-17(14)13-9-15(20)11(13)2;1-11-5-7-13(8-6-11)22(20,21)19-15-4-3-9-18-17(15)14-10-16(19)12(14)2;1-2-3/h3-8,11,13,15H,9H2,1-2H3;3-9,12,14,16H,10H2,1-2H3;3H. The van der Waals surface area contributed by atoms with Gasteiger partial charge in [0.05, 0.1) is 32.6 Å². The first-order valence-corrected chi connectivity index (χ1v) is 19.8. The Hall–Kier alpha value is -3.07. The van der Waals surface area contributed by atoms with Crippen LogP contribution in [-0.2, 0) is 20.0 Å². The van der Waals surface area contributed by atoms with Gasteiger partial charge in [-0.05, 0) is 103 Å². The van der Waals surface area contributed by atoms with Crippen molar-refractivity contribution in [3.05, 3.63) is 106 Å². The van der Waals surface area contributed by atoms with E-state index >= 15 is 0 Å². The molecule has 249 valence electrons. The van der Waals surface area contributed by atoms with Crippen molar-refractivity contribution in [2.45, 2.75) is 74.2 Å². The molecule has 4 aromatic rings. The van der Waals surface area contributed by atoms with Gasteiger partial charge in [-0.3, -0.25) is 13.6 Å². The van der Waals surface area contributed by atoms with E-state index in [0.717, 1.165) is 51.3 Å². The van der Waals surface area contributed by atoms with Gasteiger partial charge in [-0.25, -0.2) is 21.8 Å². The number of anilines is 2. The number of pyridine rings is 2. The van der Waals surface area contributed by atoms with Crippen LogP contribution < -0.4 is 8.61 Å². The Morgan fingerprint density at radius 2 is 1.19 bits per heavy atom. The second-order valence-electron chi connectivity index (χ2n) is 12.8. The van der Waals surface area contributed by atoms with Gasteiger partial charge in [0.15, 0.2) is 0 Å². The molecular formula is C34H36BBrN5O4S3. The van der Waals surface area contributed by atoms with Gasteiger partial charge in [-0.1, -0.05) is 49.2 Å². The normalized spacial score (nSPS) is 24.6. The molecule has 0 spiro atoms. The van der Waals surface area contributed by atoms with E-state index < -0.39 is 20.0 Å². The van der Waals surface area contributed by atoms with E-state index in [1.165, 1.54) is 0 Å². The van der Waals surface area contributed by atoms with Crippen LogP contribution in [0.4, 0.5) is 11.4 Å². The Morgan fingerprint density at radius 3 is 1.65 bits per heavy atom. The Balaban J connectivity index is 0.000000155. The molecule has 2 aromatic heterocycles. The van der Waals surface area contributed by atoms with Crippen molar-refractivity contribution in [3.63, 3.8) is 0 Å². The molecule has 2 saturated carbocycles. The van der Waals surface area contributed by atoms with E-state index in [4.69, 9.17) is 0 Å². The molecule has 0 amide bonds. The van der Waals surface area contributed by atoms with Crippen LogP contribution in [-0.4, -0.2) is 46.5 Å². The zero-order chi connectivity index (χ0) is 34.5. The maximum absolute atomic E-state index is 13.2. The fourth-order valence-electron chi connectivity index (χ4n) is 7.27. The molecule has 6 atom stereocenters. The number of benzene rings is 2. The molecule has 6 heterocycles. The number of halogens is 1. The van der Waals surface area contributed by atoms with Crippen LogP contribution in [0, 0.1) is 25.7 Å². The predicted octanol–water partition coefficient (Wildman–Crippen LogP) is 7.13. The van der Waals surface area contributed by atoms with E-state index in [-0.39, 0.29) is 12.1 Å². The van der Waals surface area contributed by atoms with Crippen molar-refractivity contribution in [2.24, 2.45) is 16.1 Å². The Bertz CT molecular complexity index is 2070. The summed E-state index contributed by atoms with van der Waals surface area (Å²) in [5.41, 5.74) is 5.40. The number of rotatable bonds is 4. The molecule has 10 rings (SSSR count). The van der Waals surface area contributed by atoms with Gasteiger partial charge < -0.3 is 0 Å². The topological polar surface area (TPSA) is 113 Å². The summed E-state index contributed by atoms with van der Waals surface area (Å²) in [6.07, 6.45) is 3.47. The zero-order valence-electron chi connectivity index (χ0n) is 27.0. The molecule has 1 radical (unpaired) electrons. The van der Waals surface area contributed by atoms with Crippen LogP contribution in [0.5, 0.6) is 0 Å². The van der Waals surface area contributed by atoms with Crippen LogP contribution in [0.25, 0.3) is 0 Å². The second-order valence-corrected chi connectivity index (χ2v) is 17.5. The van der Waals surface area contributed by atoms with Gasteiger partial charge in [0.2, 0.25) is 0 Å². The van der Waals surface area contributed by atoms with Crippen molar-refractivity contribution in [1.29, 1.82) is 0 Å². The number of aromatic nitrogens is 2. The summed E-state index contributed by atoms with van der Waals surface area (Å²) in [4.78, 5) is 9.71. The number of hydrogen-bond acceptors (Lipinski definition) is 8. The third-order valence-corrected chi connectivity index (χ3v) is 14.2. The summed E-state index contributed by atoms with van der Waals surface area (Å²) in [5.74, 6) is 1.37. The van der Waals surface area contributed by atoms with Gasteiger partial charge in [0.25, 0.3) is 20.0 Å². The molecule has 2 aromatic carbocycles. The van der Waals surface area contributed by atoms with Gasteiger partial charge in [-0.15, -0.1) is 0 Å². The monoisotopic (exact) mass is 764 g/mol. The summed E-state index contributed by atoms with van der Waals surface area (Å²) in [6.45, 7) is 8.14. The average Bonchev–Trinajstić information content (AvgIpc) is 3.07. The molecule has 14 heteroatoms. The molecule has 2 fully saturated rings. The summed E-state index contributed by atoms with van der Waals surface area (Å²) in [6, 6.07) is 21.6. The molecule has 48 heavy (non-hydrogen) atoms. The third-order valence-electron chi connectivity index (χ3n) is 10.1. The average molecular weight is 766 g/mol. The van der Waals surface area contributed by atoms with Crippen molar-refractivity contribution < 1.29 is 16.8 Å². The Labute approximate surface area is 298 Å². The van der Waals surface area contributed by atoms with Crippen molar-refractivity contribution in [1.82, 2.24) is 9.97 Å². The minimum absolute atomic E-state index is 0.0294. The van der Waals surface area contributed by atoms with Crippen molar-refractivity contribution >= 4 is 67.8 Å². The minimum atomic E-state index is -3.57. The molecule has 6 unspecified atom stereocenters. The van der Waals surface area contributed by atoms with Gasteiger partial charge in [0, 0.05) is 30.1 Å². The Morgan fingerprint density at radius 1 is 0.750 bits per heavy atom. The van der Waals surface area contributed by atoms with Crippen LogP contribution in [0.1, 0.15) is 61.0 Å². The molecule has 2 aliphatic carbocycles. The molecule has 4 aliphatic heterocycles. The zero-order valence-corrected chi connectivity index (χ0v) is 31.1. The van der Waals surface area contributed by atoms with Gasteiger partial charge >= 0.3 is 24.8 Å². The molecule has 9 nitrogen and oxygen atoms in total. The van der Waals surface area contributed by atoms with E-state index in [1.807, 2.05) is 62.4 Å². The van der Waals surface area contributed by atoms with Crippen molar-refractivity contribution in [3.8, 4) is 0 Å². The van der Waals surface area contributed by atoms with Crippen molar-refractivity contribution in [2.75, 3.05) is 8.61 Å². The molecule has 0 N–H and O–H groups in total. The van der Waals surface area contributed by atoms with Crippen LogP contribution in [0.15, 0.2) is 97.7 Å². The fourth-order valence-corrected chi connectivity index (χ4v) is 11.1. The number of thiol groups is 1. The summed E-state index contributed by atoms with van der Waals surface area (Å²) >= 11 is 6.59. The molecule has 4 bridgehead atoms. The molecule has 6 aliphatic rings. The Kier molecular flexibility index (Phi) is 9.66. The van der Waals surface area contributed by atoms with E-state index in [1.54, 1.807) is 39.1 Å². The summed E-state index contributed by atoms with van der Waals surface area (Å²) in [5, 5.41) is 0. The second kappa shape index (κ2) is 13.3. The van der Waals surface area contributed by atoms with Crippen LogP contribution >= 0.6 is 28.7 Å². The van der Waals surface area contributed by atoms with Crippen LogP contribution in [0.2, 0.25) is 0 Å². The molecular weight excluding hydrogens is 729 g/mol. The summed E-state index contributed by atoms with van der Waals surface area (Å²) < 4.78 is 59.3. The fraction of sp³-hybridized carbons (Fsp3) is 0.353. The van der Waals surface area contributed by atoms with E-state index in [2.05, 4.69) is 64.5 Å². The van der Waals surface area contributed by atoms with Gasteiger partial charge in [-0.2, -0.15) is 0 Å². The molecule has 0 saturated heterocycles. The number of nitrogens with zero attached hydrogens (tertiary/aromatic N) is 5.